The number of allylic oxidation sites excluding steroid dienone is 1. The molecule has 1 aromatic rings. The molecule has 0 saturated carbocycles. The Labute approximate surface area is 144 Å². The molecular weight excluding hydrogens is 328 g/mol. The van der Waals surface area contributed by atoms with Gasteiger partial charge < -0.3 is 14.6 Å². The van der Waals surface area contributed by atoms with Crippen molar-refractivity contribution in [2.75, 3.05) is 13.7 Å². The van der Waals surface area contributed by atoms with E-state index >= 15 is 0 Å². The van der Waals surface area contributed by atoms with Crippen LogP contribution in [0.1, 0.15) is 18.4 Å². The lowest BCUT2D eigenvalue weighted by Crippen LogP contribution is -2.28. The van der Waals surface area contributed by atoms with Crippen molar-refractivity contribution in [3.8, 4) is 0 Å². The molecule has 25 heavy (non-hydrogen) atoms. The monoisotopic (exact) mass is 348 g/mol. The summed E-state index contributed by atoms with van der Waals surface area (Å²) in [5.74, 6) is -0.735. The number of aliphatic hydroxyl groups is 1. The number of carbonyl (C=O) groups is 2. The quantitative estimate of drug-likeness (QED) is 0.232. The minimum Gasteiger partial charge on any atom is -0.464 e. The maximum absolute atomic E-state index is 11.8. The van der Waals surface area contributed by atoms with Crippen LogP contribution in [0.15, 0.2) is 47.2 Å². The lowest BCUT2D eigenvalue weighted by Gasteiger charge is -2.10. The first-order chi connectivity index (χ1) is 12.1. The van der Waals surface area contributed by atoms with Crippen LogP contribution in [-0.2, 0) is 20.9 Å². The smallest absolute Gasteiger partial charge is 0.412 e. The molecule has 0 saturated heterocycles. The number of nitrogens with one attached hydrogen (secondary N) is 1. The first-order valence-corrected chi connectivity index (χ1v) is 7.52. The van der Waals surface area contributed by atoms with E-state index in [1.165, 1.54) is 13.2 Å². The van der Waals surface area contributed by atoms with Crippen LogP contribution < -0.4 is 5.32 Å². The third kappa shape index (κ3) is 8.40. The highest BCUT2D eigenvalue weighted by Gasteiger charge is 2.14. The number of carbonyl (C=O) groups excluding carboxylic acids is 2. The molecule has 1 aromatic carbocycles. The molecule has 0 spiro atoms. The summed E-state index contributed by atoms with van der Waals surface area (Å²) in [6.45, 7) is -0.00352. The van der Waals surface area contributed by atoms with Gasteiger partial charge in [-0.3, -0.25) is 5.32 Å². The van der Waals surface area contributed by atoms with E-state index in [0.29, 0.717) is 0 Å². The number of ether oxygens (including phenoxy) is 2. The molecule has 1 atom stereocenters. The molecule has 0 aromatic heterocycles. The Bertz CT molecular complexity index is 641. The number of esters is 1. The summed E-state index contributed by atoms with van der Waals surface area (Å²) in [5.41, 5.74) is 8.90. The number of azide groups is 1. The molecule has 0 heterocycles. The Morgan fingerprint density at radius 3 is 2.76 bits per heavy atom. The predicted octanol–water partition coefficient (Wildman–Crippen LogP) is 2.42. The fraction of sp³-hybridized carbons (Fsp3) is 0.375. The van der Waals surface area contributed by atoms with Crippen LogP contribution in [0, 0.1) is 0 Å². The number of alkyl carbamates (subject to hydrolysis) is 1. The van der Waals surface area contributed by atoms with E-state index in [4.69, 9.17) is 10.3 Å². The number of hydrogen-bond donors (Lipinski definition) is 2. The van der Waals surface area contributed by atoms with E-state index in [9.17, 15) is 14.7 Å². The summed E-state index contributed by atoms with van der Waals surface area (Å²) >= 11 is 0. The molecular formula is C16H20N4O5. The second-order valence-electron chi connectivity index (χ2n) is 4.94. The molecule has 1 amide bonds. The third-order valence-electron chi connectivity index (χ3n) is 3.06. The molecule has 2 N–H and O–H groups in total. The van der Waals surface area contributed by atoms with Gasteiger partial charge in [0.05, 0.1) is 19.8 Å². The van der Waals surface area contributed by atoms with E-state index < -0.39 is 18.2 Å². The summed E-state index contributed by atoms with van der Waals surface area (Å²) in [6.07, 6.45) is 0.298. The van der Waals surface area contributed by atoms with Gasteiger partial charge in [0.2, 0.25) is 0 Å². The van der Waals surface area contributed by atoms with Crippen molar-refractivity contribution < 1.29 is 24.2 Å². The Morgan fingerprint density at radius 1 is 1.40 bits per heavy atom. The van der Waals surface area contributed by atoms with Gasteiger partial charge in [0.1, 0.15) is 12.3 Å². The molecule has 0 bridgehead atoms. The fourth-order valence-electron chi connectivity index (χ4n) is 1.81. The number of hydrogen-bond acceptors (Lipinski definition) is 6. The molecule has 0 fully saturated rings. The molecule has 9 nitrogen and oxygen atoms in total. The van der Waals surface area contributed by atoms with Crippen molar-refractivity contribution in [2.24, 2.45) is 5.11 Å². The zero-order chi connectivity index (χ0) is 18.5. The highest BCUT2D eigenvalue weighted by molar-refractivity contribution is 5.92. The minimum absolute atomic E-state index is 0.0615. The van der Waals surface area contributed by atoms with Crippen molar-refractivity contribution in [1.29, 1.82) is 0 Å². The zero-order valence-corrected chi connectivity index (χ0v) is 13.8. The SMILES string of the molecule is COC(=O)/C(=C/CCC(O)CN=[N+]=[N-])NC(=O)OCc1ccccc1. The highest BCUT2D eigenvalue weighted by atomic mass is 16.6. The summed E-state index contributed by atoms with van der Waals surface area (Å²) < 4.78 is 9.62. The Morgan fingerprint density at radius 2 is 2.12 bits per heavy atom. The molecule has 0 aliphatic heterocycles. The number of aliphatic hydroxyl groups excluding tert-OH is 1. The van der Waals surface area contributed by atoms with E-state index in [0.717, 1.165) is 5.56 Å². The highest BCUT2D eigenvalue weighted by Crippen LogP contribution is 2.05. The number of methoxy groups -OCH3 is 1. The van der Waals surface area contributed by atoms with Crippen molar-refractivity contribution >= 4 is 12.1 Å². The molecule has 0 radical (unpaired) electrons. The molecule has 134 valence electrons. The van der Waals surface area contributed by atoms with E-state index in [1.807, 2.05) is 18.2 Å². The van der Waals surface area contributed by atoms with Gasteiger partial charge in [0, 0.05) is 4.91 Å². The summed E-state index contributed by atoms with van der Waals surface area (Å²) in [6, 6.07) is 9.08. The van der Waals surface area contributed by atoms with Gasteiger partial charge in [-0.2, -0.15) is 0 Å². The third-order valence-corrected chi connectivity index (χ3v) is 3.06. The second kappa shape index (κ2) is 11.5. The summed E-state index contributed by atoms with van der Waals surface area (Å²) in [5, 5.41) is 15.1. The van der Waals surface area contributed by atoms with Crippen LogP contribution in [0.3, 0.4) is 0 Å². The first kappa shape index (κ1) is 20.0. The standard InChI is InChI=1S/C16H20N4O5/c1-24-15(22)14(9-5-8-13(21)10-18-20-17)19-16(23)25-11-12-6-3-2-4-7-12/h2-4,6-7,9,13,21H,5,8,10-11H2,1H3,(H,19,23)/b14-9-. The summed E-state index contributed by atoms with van der Waals surface area (Å²) in [4.78, 5) is 26.0. The number of benzene rings is 1. The van der Waals surface area contributed by atoms with E-state index in [2.05, 4.69) is 20.1 Å². The van der Waals surface area contributed by atoms with Crippen molar-refractivity contribution in [3.63, 3.8) is 0 Å². The van der Waals surface area contributed by atoms with Crippen molar-refractivity contribution in [2.45, 2.75) is 25.6 Å². The van der Waals surface area contributed by atoms with Gasteiger partial charge in [-0.05, 0) is 23.9 Å². The number of amides is 1. The second-order valence-corrected chi connectivity index (χ2v) is 4.94. The van der Waals surface area contributed by atoms with Crippen LogP contribution in [0.2, 0.25) is 0 Å². The minimum atomic E-state index is -0.837. The Kier molecular flexibility index (Phi) is 9.20. The van der Waals surface area contributed by atoms with Crippen LogP contribution in [0.25, 0.3) is 10.4 Å². The lowest BCUT2D eigenvalue weighted by molar-refractivity contribution is -0.136. The Hall–Kier alpha value is -3.03. The van der Waals surface area contributed by atoms with Gasteiger partial charge >= 0.3 is 12.1 Å². The maximum atomic E-state index is 11.8. The zero-order valence-electron chi connectivity index (χ0n) is 13.8. The first-order valence-electron chi connectivity index (χ1n) is 7.52. The van der Waals surface area contributed by atoms with Crippen LogP contribution >= 0.6 is 0 Å². The molecule has 0 aliphatic carbocycles. The van der Waals surface area contributed by atoms with Crippen LogP contribution in [0.5, 0.6) is 0 Å². The number of nitrogens with zero attached hydrogens (tertiary/aromatic N) is 3. The predicted molar refractivity (Wildman–Crippen MR) is 89.1 cm³/mol. The topological polar surface area (TPSA) is 134 Å². The Balaban J connectivity index is 2.53. The van der Waals surface area contributed by atoms with Gasteiger partial charge in [-0.1, -0.05) is 41.5 Å². The van der Waals surface area contributed by atoms with Crippen LogP contribution in [-0.4, -0.2) is 36.9 Å². The normalized spacial score (nSPS) is 11.8. The van der Waals surface area contributed by atoms with Crippen molar-refractivity contribution in [1.82, 2.24) is 5.32 Å². The molecule has 1 rings (SSSR count). The largest absolute Gasteiger partial charge is 0.464 e. The van der Waals surface area contributed by atoms with Gasteiger partial charge in [-0.25, -0.2) is 9.59 Å². The van der Waals surface area contributed by atoms with E-state index in [1.54, 1.807) is 12.1 Å². The van der Waals surface area contributed by atoms with Gasteiger partial charge in [-0.15, -0.1) is 0 Å². The van der Waals surface area contributed by atoms with Crippen LogP contribution in [0.4, 0.5) is 4.79 Å². The molecule has 1 unspecified atom stereocenters. The average molecular weight is 348 g/mol. The summed E-state index contributed by atoms with van der Waals surface area (Å²) in [7, 11) is 1.18. The van der Waals surface area contributed by atoms with Gasteiger partial charge in [0.25, 0.3) is 0 Å². The van der Waals surface area contributed by atoms with Gasteiger partial charge in [0.15, 0.2) is 0 Å². The lowest BCUT2D eigenvalue weighted by atomic mass is 10.2. The number of rotatable bonds is 9. The molecule has 0 aliphatic rings. The van der Waals surface area contributed by atoms with E-state index in [-0.39, 0.29) is 31.7 Å². The maximum Gasteiger partial charge on any atom is 0.412 e. The fourth-order valence-corrected chi connectivity index (χ4v) is 1.81. The average Bonchev–Trinajstić information content (AvgIpc) is 2.64. The molecule has 9 heteroatoms. The van der Waals surface area contributed by atoms with Crippen molar-refractivity contribution in [3.05, 3.63) is 58.1 Å².